The molecule has 1 unspecified atom stereocenters. The Labute approximate surface area is 170 Å². The number of likely N-dealkylation sites (tertiary alicyclic amines) is 2. The van der Waals surface area contributed by atoms with E-state index in [1.54, 1.807) is 12.1 Å². The number of phenolic OH excluding ortho intramolecular Hbond substituents is 1. The summed E-state index contributed by atoms with van der Waals surface area (Å²) in [6, 6.07) is 8.05. The molecule has 5 nitrogen and oxygen atoms in total. The Kier molecular flexibility index (Phi) is 5.43. The van der Waals surface area contributed by atoms with Gasteiger partial charge < -0.3 is 15.3 Å². The number of hydrogen-bond acceptors (Lipinski definition) is 3. The van der Waals surface area contributed by atoms with Crippen molar-refractivity contribution in [3.8, 4) is 5.75 Å². The van der Waals surface area contributed by atoms with E-state index in [9.17, 15) is 9.90 Å². The average Bonchev–Trinajstić information content (AvgIpc) is 2.54. The van der Waals surface area contributed by atoms with Crippen LogP contribution in [0.4, 0.5) is 4.79 Å². The fourth-order valence-corrected chi connectivity index (χ4v) is 5.62. The van der Waals surface area contributed by atoms with Gasteiger partial charge in [0, 0.05) is 36.6 Å². The molecule has 3 rings (SSSR count). The summed E-state index contributed by atoms with van der Waals surface area (Å²) in [4.78, 5) is 17.2. The van der Waals surface area contributed by atoms with Crippen molar-refractivity contribution in [3.63, 3.8) is 0 Å². The highest BCUT2D eigenvalue weighted by atomic mass is 16.3. The fraction of sp³-hybridized carbons (Fsp3) is 0.696. The Morgan fingerprint density at radius 1 is 1.14 bits per heavy atom. The minimum Gasteiger partial charge on any atom is -0.508 e. The zero-order valence-corrected chi connectivity index (χ0v) is 18.4. The fourth-order valence-electron chi connectivity index (χ4n) is 5.62. The summed E-state index contributed by atoms with van der Waals surface area (Å²) in [6.45, 7) is 13.5. The average molecular weight is 388 g/mol. The SMILES string of the molecule is CN1CC2(CCN(C(=O)NC(C)(C)CC(C)(C)C)CC2)C1c1ccc(O)cc1. The summed E-state index contributed by atoms with van der Waals surface area (Å²) in [5.74, 6) is 0.309. The number of piperidine rings is 1. The number of benzene rings is 1. The van der Waals surface area contributed by atoms with Crippen molar-refractivity contribution in [2.75, 3.05) is 26.7 Å². The molecule has 2 saturated heterocycles. The number of nitrogens with one attached hydrogen (secondary N) is 1. The van der Waals surface area contributed by atoms with Crippen LogP contribution in [0.5, 0.6) is 5.75 Å². The smallest absolute Gasteiger partial charge is 0.317 e. The van der Waals surface area contributed by atoms with Gasteiger partial charge in [-0.2, -0.15) is 0 Å². The molecule has 2 fully saturated rings. The number of carbonyl (C=O) groups excluding carboxylic acids is 1. The first-order chi connectivity index (χ1) is 12.9. The highest BCUT2D eigenvalue weighted by molar-refractivity contribution is 5.75. The molecule has 2 heterocycles. The molecule has 0 bridgehead atoms. The van der Waals surface area contributed by atoms with Crippen LogP contribution in [0.2, 0.25) is 0 Å². The minimum atomic E-state index is -0.213. The molecule has 1 atom stereocenters. The molecule has 2 aliphatic rings. The monoisotopic (exact) mass is 387 g/mol. The number of carbonyl (C=O) groups is 1. The molecule has 28 heavy (non-hydrogen) atoms. The molecule has 0 radical (unpaired) electrons. The second-order valence-corrected chi connectivity index (χ2v) is 10.8. The summed E-state index contributed by atoms with van der Waals surface area (Å²) in [5, 5.41) is 12.8. The van der Waals surface area contributed by atoms with Crippen LogP contribution in [0.3, 0.4) is 0 Å². The van der Waals surface area contributed by atoms with Crippen LogP contribution in [0.25, 0.3) is 0 Å². The first-order valence-corrected chi connectivity index (χ1v) is 10.5. The van der Waals surface area contributed by atoms with E-state index in [0.29, 0.717) is 11.8 Å². The highest BCUT2D eigenvalue weighted by Gasteiger charge is 2.52. The van der Waals surface area contributed by atoms with Gasteiger partial charge in [0.05, 0.1) is 0 Å². The predicted octanol–water partition coefficient (Wildman–Crippen LogP) is 4.39. The summed E-state index contributed by atoms with van der Waals surface area (Å²) in [6.07, 6.45) is 2.99. The number of aromatic hydroxyl groups is 1. The van der Waals surface area contributed by atoms with Gasteiger partial charge >= 0.3 is 6.03 Å². The molecule has 156 valence electrons. The van der Waals surface area contributed by atoms with Gasteiger partial charge in [-0.25, -0.2) is 4.79 Å². The maximum absolute atomic E-state index is 12.8. The molecule has 0 aromatic heterocycles. The molecule has 5 heteroatoms. The van der Waals surface area contributed by atoms with E-state index in [4.69, 9.17) is 0 Å². The van der Waals surface area contributed by atoms with Crippen LogP contribution >= 0.6 is 0 Å². The second-order valence-electron chi connectivity index (χ2n) is 10.8. The minimum absolute atomic E-state index is 0.0676. The molecule has 0 aliphatic carbocycles. The lowest BCUT2D eigenvalue weighted by atomic mass is 9.63. The molecule has 1 aromatic rings. The van der Waals surface area contributed by atoms with Crippen molar-refractivity contribution in [2.24, 2.45) is 10.8 Å². The maximum Gasteiger partial charge on any atom is 0.317 e. The normalized spacial score (nSPS) is 22.8. The van der Waals surface area contributed by atoms with Crippen LogP contribution in [-0.2, 0) is 0 Å². The molecular formula is C23H37N3O2. The summed E-state index contributed by atoms with van der Waals surface area (Å²) < 4.78 is 0. The van der Waals surface area contributed by atoms with Crippen LogP contribution in [-0.4, -0.2) is 53.2 Å². The third kappa shape index (κ3) is 4.45. The largest absolute Gasteiger partial charge is 0.508 e. The number of amides is 2. The molecule has 1 aromatic carbocycles. The van der Waals surface area contributed by atoms with Gasteiger partial charge in [0.2, 0.25) is 0 Å². The lowest BCUT2D eigenvalue weighted by molar-refractivity contribution is -0.0922. The van der Waals surface area contributed by atoms with Gasteiger partial charge in [-0.15, -0.1) is 0 Å². The Morgan fingerprint density at radius 3 is 2.21 bits per heavy atom. The third-order valence-electron chi connectivity index (χ3n) is 6.26. The van der Waals surface area contributed by atoms with E-state index in [2.05, 4.69) is 51.9 Å². The van der Waals surface area contributed by atoms with E-state index in [1.165, 1.54) is 5.56 Å². The van der Waals surface area contributed by atoms with Crippen LogP contribution in [0.15, 0.2) is 24.3 Å². The standard InChI is InChI=1S/C23H37N3O2/c1-21(2,3)15-22(4,5)24-20(28)26-13-11-23(12-14-26)16-25(6)19(23)17-7-9-18(27)10-8-17/h7-10,19,27H,11-16H2,1-6H3,(H,24,28). The molecule has 2 N–H and O–H groups in total. The molecule has 1 spiro atoms. The quantitative estimate of drug-likeness (QED) is 0.809. The zero-order valence-electron chi connectivity index (χ0n) is 18.4. The number of rotatable bonds is 3. The number of urea groups is 1. The Morgan fingerprint density at radius 2 is 1.71 bits per heavy atom. The maximum atomic E-state index is 12.8. The summed E-state index contributed by atoms with van der Waals surface area (Å²) in [5.41, 5.74) is 1.46. The van der Waals surface area contributed by atoms with Gasteiger partial charge in [-0.05, 0) is 63.3 Å². The Hall–Kier alpha value is -1.75. The van der Waals surface area contributed by atoms with E-state index < -0.39 is 0 Å². The van der Waals surface area contributed by atoms with E-state index in [-0.39, 0.29) is 22.4 Å². The molecule has 0 saturated carbocycles. The Balaban J connectivity index is 1.61. The van der Waals surface area contributed by atoms with Crippen molar-refractivity contribution in [2.45, 2.75) is 65.5 Å². The van der Waals surface area contributed by atoms with E-state index in [0.717, 1.165) is 38.9 Å². The van der Waals surface area contributed by atoms with Crippen molar-refractivity contribution < 1.29 is 9.90 Å². The number of nitrogens with zero attached hydrogens (tertiary/aromatic N) is 2. The third-order valence-corrected chi connectivity index (χ3v) is 6.26. The Bertz CT molecular complexity index is 698. The van der Waals surface area contributed by atoms with Crippen LogP contribution < -0.4 is 5.32 Å². The lowest BCUT2D eigenvalue weighted by Gasteiger charge is -2.59. The summed E-state index contributed by atoms with van der Waals surface area (Å²) >= 11 is 0. The first kappa shape index (κ1) is 21.0. The first-order valence-electron chi connectivity index (χ1n) is 10.5. The molecular weight excluding hydrogens is 350 g/mol. The predicted molar refractivity (Wildman–Crippen MR) is 113 cm³/mol. The van der Waals surface area contributed by atoms with Crippen molar-refractivity contribution >= 4 is 6.03 Å². The van der Waals surface area contributed by atoms with Crippen LogP contribution in [0.1, 0.15) is 65.5 Å². The van der Waals surface area contributed by atoms with Crippen molar-refractivity contribution in [1.82, 2.24) is 15.1 Å². The second kappa shape index (κ2) is 7.25. The summed E-state index contributed by atoms with van der Waals surface area (Å²) in [7, 11) is 2.16. The highest BCUT2D eigenvalue weighted by Crippen LogP contribution is 2.54. The van der Waals surface area contributed by atoms with Crippen LogP contribution in [0, 0.1) is 10.8 Å². The topological polar surface area (TPSA) is 55.8 Å². The number of phenols is 1. The van der Waals surface area contributed by atoms with Gasteiger partial charge in [0.1, 0.15) is 5.75 Å². The zero-order chi connectivity index (χ0) is 20.7. The molecule has 2 aliphatic heterocycles. The van der Waals surface area contributed by atoms with E-state index >= 15 is 0 Å². The van der Waals surface area contributed by atoms with Gasteiger partial charge in [-0.3, -0.25) is 4.90 Å². The lowest BCUT2D eigenvalue weighted by Crippen LogP contribution is -2.62. The number of hydrogen-bond donors (Lipinski definition) is 2. The van der Waals surface area contributed by atoms with E-state index in [1.807, 2.05) is 17.0 Å². The van der Waals surface area contributed by atoms with Gasteiger partial charge in [-0.1, -0.05) is 32.9 Å². The van der Waals surface area contributed by atoms with Gasteiger partial charge in [0.15, 0.2) is 0 Å². The van der Waals surface area contributed by atoms with Crippen molar-refractivity contribution in [3.05, 3.63) is 29.8 Å². The van der Waals surface area contributed by atoms with Crippen molar-refractivity contribution in [1.29, 1.82) is 0 Å². The van der Waals surface area contributed by atoms with Gasteiger partial charge in [0.25, 0.3) is 0 Å². The molecule has 2 amide bonds.